The van der Waals surface area contributed by atoms with Gasteiger partial charge in [-0.1, -0.05) is 12.1 Å². The minimum absolute atomic E-state index is 0.0188. The molecule has 0 aliphatic carbocycles. The van der Waals surface area contributed by atoms with Crippen LogP contribution in [0.15, 0.2) is 43.0 Å². The number of carbonyl (C=O) groups is 1. The molecule has 0 saturated heterocycles. The van der Waals surface area contributed by atoms with E-state index >= 15 is 0 Å². The second kappa shape index (κ2) is 6.77. The van der Waals surface area contributed by atoms with E-state index in [9.17, 15) is 4.79 Å². The highest BCUT2D eigenvalue weighted by atomic mass is 16.5. The van der Waals surface area contributed by atoms with E-state index in [1.54, 1.807) is 31.6 Å². The number of carbonyl (C=O) groups excluding carboxylic acids is 1. The van der Waals surface area contributed by atoms with Gasteiger partial charge in [0.25, 0.3) is 5.91 Å². The minimum Gasteiger partial charge on any atom is -0.383 e. The highest BCUT2D eigenvalue weighted by Gasteiger charge is 2.09. The van der Waals surface area contributed by atoms with Crippen LogP contribution in [-0.2, 0) is 4.74 Å². The van der Waals surface area contributed by atoms with Crippen LogP contribution in [0.4, 0.5) is 0 Å². The van der Waals surface area contributed by atoms with Gasteiger partial charge in [0.15, 0.2) is 0 Å². The van der Waals surface area contributed by atoms with E-state index in [0.29, 0.717) is 12.2 Å². The molecule has 0 unspecified atom stereocenters. The number of ether oxygens (including phenoxy) is 1. The quantitative estimate of drug-likeness (QED) is 0.902. The first-order chi connectivity index (χ1) is 9.70. The van der Waals surface area contributed by atoms with Crippen molar-refractivity contribution < 1.29 is 9.53 Å². The van der Waals surface area contributed by atoms with Crippen molar-refractivity contribution in [2.45, 2.75) is 13.0 Å². The van der Waals surface area contributed by atoms with E-state index in [1.807, 2.05) is 19.1 Å². The Labute approximate surface area is 118 Å². The van der Waals surface area contributed by atoms with Crippen molar-refractivity contribution in [1.82, 2.24) is 15.3 Å². The summed E-state index contributed by atoms with van der Waals surface area (Å²) in [5.41, 5.74) is 2.52. The summed E-state index contributed by atoms with van der Waals surface area (Å²) in [6.45, 7) is 2.39. The van der Waals surface area contributed by atoms with E-state index in [1.165, 1.54) is 6.33 Å². The maximum absolute atomic E-state index is 12.0. The summed E-state index contributed by atoms with van der Waals surface area (Å²) in [6, 6.07) is 7.33. The Hall–Kier alpha value is -2.27. The Morgan fingerprint density at radius 2 is 1.85 bits per heavy atom. The Morgan fingerprint density at radius 1 is 1.20 bits per heavy atom. The second-order valence-electron chi connectivity index (χ2n) is 4.53. The molecule has 1 aromatic heterocycles. The lowest BCUT2D eigenvalue weighted by atomic mass is 10.1. The summed E-state index contributed by atoms with van der Waals surface area (Å²) in [7, 11) is 1.61. The van der Waals surface area contributed by atoms with E-state index in [2.05, 4.69) is 15.3 Å². The predicted molar refractivity (Wildman–Crippen MR) is 76.3 cm³/mol. The summed E-state index contributed by atoms with van der Waals surface area (Å²) >= 11 is 0. The summed E-state index contributed by atoms with van der Waals surface area (Å²) in [6.07, 6.45) is 4.97. The molecule has 5 heteroatoms. The fraction of sp³-hybridized carbons (Fsp3) is 0.267. The van der Waals surface area contributed by atoms with E-state index < -0.39 is 0 Å². The predicted octanol–water partition coefficient (Wildman–Crippen LogP) is 1.91. The van der Waals surface area contributed by atoms with Crippen LogP contribution in [0.3, 0.4) is 0 Å². The summed E-state index contributed by atoms with van der Waals surface area (Å²) in [5, 5.41) is 2.87. The van der Waals surface area contributed by atoms with Crippen LogP contribution in [0.1, 0.15) is 17.3 Å². The maximum Gasteiger partial charge on any atom is 0.251 e. The van der Waals surface area contributed by atoms with Gasteiger partial charge in [-0.3, -0.25) is 4.79 Å². The molecule has 0 spiro atoms. The molecule has 1 amide bonds. The van der Waals surface area contributed by atoms with Crippen molar-refractivity contribution in [2.24, 2.45) is 0 Å². The summed E-state index contributed by atoms with van der Waals surface area (Å²) in [5.74, 6) is -0.106. The number of rotatable bonds is 5. The lowest BCUT2D eigenvalue weighted by molar-refractivity contribution is 0.0905. The molecule has 0 saturated carbocycles. The van der Waals surface area contributed by atoms with Gasteiger partial charge < -0.3 is 10.1 Å². The van der Waals surface area contributed by atoms with Crippen molar-refractivity contribution in [3.8, 4) is 11.1 Å². The highest BCUT2D eigenvalue weighted by Crippen LogP contribution is 2.17. The van der Waals surface area contributed by atoms with Crippen molar-refractivity contribution in [3.63, 3.8) is 0 Å². The number of benzene rings is 1. The van der Waals surface area contributed by atoms with Gasteiger partial charge >= 0.3 is 0 Å². The Balaban J connectivity index is 2.07. The first-order valence-corrected chi connectivity index (χ1v) is 6.36. The lowest BCUT2D eigenvalue weighted by Crippen LogP contribution is -2.35. The first-order valence-electron chi connectivity index (χ1n) is 6.36. The molecule has 2 rings (SSSR count). The topological polar surface area (TPSA) is 64.1 Å². The summed E-state index contributed by atoms with van der Waals surface area (Å²) < 4.78 is 4.99. The zero-order chi connectivity index (χ0) is 14.4. The molecule has 1 atom stereocenters. The number of hydrogen-bond acceptors (Lipinski definition) is 4. The van der Waals surface area contributed by atoms with Crippen molar-refractivity contribution in [2.75, 3.05) is 13.7 Å². The van der Waals surface area contributed by atoms with Crippen molar-refractivity contribution in [3.05, 3.63) is 48.5 Å². The van der Waals surface area contributed by atoms with E-state index in [4.69, 9.17) is 4.74 Å². The minimum atomic E-state index is -0.106. The molecular weight excluding hydrogens is 254 g/mol. The van der Waals surface area contributed by atoms with Gasteiger partial charge in [0.05, 0.1) is 6.61 Å². The zero-order valence-corrected chi connectivity index (χ0v) is 11.5. The second-order valence-corrected chi connectivity index (χ2v) is 4.53. The molecule has 5 nitrogen and oxygen atoms in total. The standard InChI is InChI=1S/C15H17N3O2/c1-11(9-20-2)18-15(19)13-5-3-12(4-6-13)14-7-16-10-17-8-14/h3-8,10-11H,9H2,1-2H3,(H,18,19)/t11-/m0/s1. The molecule has 20 heavy (non-hydrogen) atoms. The molecular formula is C15H17N3O2. The van der Waals surface area contributed by atoms with Crippen LogP contribution in [0.25, 0.3) is 11.1 Å². The Kier molecular flexibility index (Phi) is 4.79. The Morgan fingerprint density at radius 3 is 2.45 bits per heavy atom. The SMILES string of the molecule is COC[C@H](C)NC(=O)c1ccc(-c2cncnc2)cc1. The van der Waals surface area contributed by atoms with Crippen LogP contribution in [0.5, 0.6) is 0 Å². The fourth-order valence-electron chi connectivity index (χ4n) is 1.86. The van der Waals surface area contributed by atoms with Gasteiger partial charge in [-0.2, -0.15) is 0 Å². The lowest BCUT2D eigenvalue weighted by Gasteiger charge is -2.12. The average Bonchev–Trinajstić information content (AvgIpc) is 2.48. The molecule has 0 bridgehead atoms. The average molecular weight is 271 g/mol. The van der Waals surface area contributed by atoms with E-state index in [0.717, 1.165) is 11.1 Å². The largest absolute Gasteiger partial charge is 0.383 e. The highest BCUT2D eigenvalue weighted by molar-refractivity contribution is 5.94. The smallest absolute Gasteiger partial charge is 0.251 e. The third-order valence-electron chi connectivity index (χ3n) is 2.84. The van der Waals surface area contributed by atoms with Gasteiger partial charge in [-0.25, -0.2) is 9.97 Å². The molecule has 1 heterocycles. The number of nitrogens with one attached hydrogen (secondary N) is 1. The monoisotopic (exact) mass is 271 g/mol. The number of nitrogens with zero attached hydrogens (tertiary/aromatic N) is 2. The molecule has 0 fully saturated rings. The van der Waals surface area contributed by atoms with Gasteiger partial charge in [-0.15, -0.1) is 0 Å². The third kappa shape index (κ3) is 3.61. The van der Waals surface area contributed by atoms with E-state index in [-0.39, 0.29) is 11.9 Å². The fourth-order valence-corrected chi connectivity index (χ4v) is 1.86. The zero-order valence-electron chi connectivity index (χ0n) is 11.5. The van der Waals surface area contributed by atoms with Crippen LogP contribution in [0, 0.1) is 0 Å². The van der Waals surface area contributed by atoms with Crippen LogP contribution >= 0.6 is 0 Å². The Bertz CT molecular complexity index is 555. The molecule has 1 aromatic carbocycles. The molecule has 104 valence electrons. The van der Waals surface area contributed by atoms with Gasteiger partial charge in [0.1, 0.15) is 6.33 Å². The third-order valence-corrected chi connectivity index (χ3v) is 2.84. The normalized spacial score (nSPS) is 11.9. The first kappa shape index (κ1) is 14.1. The van der Waals surface area contributed by atoms with Gasteiger partial charge in [-0.05, 0) is 24.6 Å². The van der Waals surface area contributed by atoms with Crippen LogP contribution in [-0.4, -0.2) is 35.6 Å². The molecule has 2 aromatic rings. The number of hydrogen-bond donors (Lipinski definition) is 1. The van der Waals surface area contributed by atoms with Gasteiger partial charge in [0, 0.05) is 36.7 Å². The number of aromatic nitrogens is 2. The molecule has 1 N–H and O–H groups in total. The van der Waals surface area contributed by atoms with Crippen LogP contribution < -0.4 is 5.32 Å². The number of methoxy groups -OCH3 is 1. The van der Waals surface area contributed by atoms with Crippen molar-refractivity contribution in [1.29, 1.82) is 0 Å². The maximum atomic E-state index is 12.0. The molecule has 0 aliphatic heterocycles. The number of amides is 1. The summed E-state index contributed by atoms with van der Waals surface area (Å²) in [4.78, 5) is 19.9. The van der Waals surface area contributed by atoms with Crippen LogP contribution in [0.2, 0.25) is 0 Å². The molecule has 0 radical (unpaired) electrons. The van der Waals surface area contributed by atoms with Gasteiger partial charge in [0.2, 0.25) is 0 Å². The molecule has 0 aliphatic rings. The van der Waals surface area contributed by atoms with Crippen molar-refractivity contribution >= 4 is 5.91 Å².